The van der Waals surface area contributed by atoms with Gasteiger partial charge >= 0.3 is 0 Å². The molecule has 142 valence electrons. The van der Waals surface area contributed by atoms with Crippen LogP contribution in [0.2, 0.25) is 0 Å². The Labute approximate surface area is 167 Å². The summed E-state index contributed by atoms with van der Waals surface area (Å²) in [4.78, 5) is 8.44. The van der Waals surface area contributed by atoms with Crippen LogP contribution < -0.4 is 0 Å². The fraction of sp³-hybridized carbons (Fsp3) is 0.250. The monoisotopic (exact) mass is 392 g/mol. The maximum Gasteiger partial charge on any atom is 0.226 e. The van der Waals surface area contributed by atoms with Crippen molar-refractivity contribution >= 4 is 11.8 Å². The van der Waals surface area contributed by atoms with Crippen molar-refractivity contribution in [3.05, 3.63) is 60.2 Å². The maximum absolute atomic E-state index is 5.34. The number of benzene rings is 1. The van der Waals surface area contributed by atoms with E-state index in [1.807, 2.05) is 29.8 Å². The van der Waals surface area contributed by atoms with Gasteiger partial charge in [0.1, 0.15) is 0 Å². The zero-order valence-electron chi connectivity index (χ0n) is 15.7. The zero-order chi connectivity index (χ0) is 19.3. The van der Waals surface area contributed by atoms with E-state index in [2.05, 4.69) is 50.4 Å². The van der Waals surface area contributed by atoms with E-state index in [9.17, 15) is 0 Å². The van der Waals surface area contributed by atoms with Gasteiger partial charge in [-0.15, -0.1) is 10.2 Å². The van der Waals surface area contributed by atoms with Gasteiger partial charge in [-0.05, 0) is 31.5 Å². The fourth-order valence-electron chi connectivity index (χ4n) is 2.84. The lowest BCUT2D eigenvalue weighted by Crippen LogP contribution is -1.96. The molecule has 0 spiro atoms. The summed E-state index contributed by atoms with van der Waals surface area (Å²) >= 11 is 1.68. The van der Waals surface area contributed by atoms with Crippen LogP contribution in [0.25, 0.3) is 22.8 Å². The number of pyridine rings is 1. The number of nitrogens with zero attached hydrogens (tertiary/aromatic N) is 6. The largest absolute Gasteiger partial charge is 0.339 e. The summed E-state index contributed by atoms with van der Waals surface area (Å²) in [5.74, 6) is 3.02. The van der Waals surface area contributed by atoms with E-state index in [4.69, 9.17) is 4.52 Å². The summed E-state index contributed by atoms with van der Waals surface area (Å²) in [6, 6.07) is 12.0. The number of thioether (sulfide) groups is 1. The molecule has 28 heavy (non-hydrogen) atoms. The summed E-state index contributed by atoms with van der Waals surface area (Å²) in [7, 11) is 2.00. The molecule has 0 atom stereocenters. The van der Waals surface area contributed by atoms with Crippen LogP contribution in [0.3, 0.4) is 0 Å². The van der Waals surface area contributed by atoms with Gasteiger partial charge in [-0.1, -0.05) is 40.7 Å². The van der Waals surface area contributed by atoms with E-state index in [-0.39, 0.29) is 0 Å². The number of aryl methyl sites for hydroxylation is 2. The van der Waals surface area contributed by atoms with Gasteiger partial charge in [-0.25, -0.2) is 0 Å². The standard InChI is InChI=1S/C20H20N6OS/c1-14-5-3-6-16(13-14)19-23-24-20(26(19)2)28-12-4-7-17-22-18(25-27-17)15-8-10-21-11-9-15/h3,5-6,8-11,13H,4,7,12H2,1-2H3. The van der Waals surface area contributed by atoms with Crippen LogP contribution in [0.5, 0.6) is 0 Å². The predicted molar refractivity (Wildman–Crippen MR) is 108 cm³/mol. The molecule has 4 rings (SSSR count). The Hall–Kier alpha value is -3.00. The SMILES string of the molecule is Cc1cccc(-c2nnc(SCCCc3nc(-c4ccncc4)no3)n2C)c1. The summed E-state index contributed by atoms with van der Waals surface area (Å²) in [5, 5.41) is 13.6. The van der Waals surface area contributed by atoms with Crippen LogP contribution in [0.1, 0.15) is 17.9 Å². The summed E-state index contributed by atoms with van der Waals surface area (Å²) < 4.78 is 7.38. The van der Waals surface area contributed by atoms with Gasteiger partial charge in [0.05, 0.1) is 0 Å². The first kappa shape index (κ1) is 18.4. The second-order valence-electron chi connectivity index (χ2n) is 6.43. The highest BCUT2D eigenvalue weighted by atomic mass is 32.2. The smallest absolute Gasteiger partial charge is 0.226 e. The quantitative estimate of drug-likeness (QED) is 0.348. The number of hydrogen-bond donors (Lipinski definition) is 0. The molecule has 7 nitrogen and oxygen atoms in total. The van der Waals surface area contributed by atoms with Crippen molar-refractivity contribution in [2.45, 2.75) is 24.9 Å². The second-order valence-corrected chi connectivity index (χ2v) is 7.50. The van der Waals surface area contributed by atoms with Crippen molar-refractivity contribution in [3.63, 3.8) is 0 Å². The average Bonchev–Trinajstić information content (AvgIpc) is 3.33. The van der Waals surface area contributed by atoms with Crippen molar-refractivity contribution in [2.24, 2.45) is 7.05 Å². The van der Waals surface area contributed by atoms with Crippen molar-refractivity contribution in [1.82, 2.24) is 29.9 Å². The topological polar surface area (TPSA) is 82.5 Å². The van der Waals surface area contributed by atoms with E-state index in [0.717, 1.165) is 40.7 Å². The molecular weight excluding hydrogens is 372 g/mol. The normalized spacial score (nSPS) is 11.1. The molecule has 0 saturated heterocycles. The highest BCUT2D eigenvalue weighted by Gasteiger charge is 2.12. The van der Waals surface area contributed by atoms with Gasteiger partial charge in [0.25, 0.3) is 0 Å². The Morgan fingerprint density at radius 1 is 1.07 bits per heavy atom. The van der Waals surface area contributed by atoms with Gasteiger partial charge in [0, 0.05) is 42.7 Å². The van der Waals surface area contributed by atoms with Crippen LogP contribution in [0.15, 0.2) is 58.5 Å². The van der Waals surface area contributed by atoms with Crippen LogP contribution in [-0.2, 0) is 13.5 Å². The van der Waals surface area contributed by atoms with Gasteiger partial charge in [0.2, 0.25) is 11.7 Å². The minimum absolute atomic E-state index is 0.598. The summed E-state index contributed by atoms with van der Waals surface area (Å²) in [5.41, 5.74) is 3.19. The lowest BCUT2D eigenvalue weighted by atomic mass is 10.1. The fourth-order valence-corrected chi connectivity index (χ4v) is 3.69. The molecule has 0 saturated carbocycles. The molecule has 0 bridgehead atoms. The lowest BCUT2D eigenvalue weighted by Gasteiger charge is -2.04. The van der Waals surface area contributed by atoms with Crippen LogP contribution in [-0.4, -0.2) is 35.6 Å². The molecule has 8 heteroatoms. The zero-order valence-corrected chi connectivity index (χ0v) is 16.6. The molecule has 1 aromatic carbocycles. The van der Waals surface area contributed by atoms with Crippen molar-refractivity contribution in [3.8, 4) is 22.8 Å². The molecule has 0 unspecified atom stereocenters. The Bertz CT molecular complexity index is 1060. The van der Waals surface area contributed by atoms with E-state index in [1.54, 1.807) is 24.2 Å². The minimum Gasteiger partial charge on any atom is -0.339 e. The summed E-state index contributed by atoms with van der Waals surface area (Å²) in [6.45, 7) is 2.08. The lowest BCUT2D eigenvalue weighted by molar-refractivity contribution is 0.378. The molecule has 0 amide bonds. The second kappa shape index (κ2) is 8.35. The van der Waals surface area contributed by atoms with Crippen molar-refractivity contribution in [1.29, 1.82) is 0 Å². The minimum atomic E-state index is 0.598. The van der Waals surface area contributed by atoms with E-state index >= 15 is 0 Å². The maximum atomic E-state index is 5.34. The number of aromatic nitrogens is 6. The molecular formula is C20H20N6OS. The third kappa shape index (κ3) is 4.12. The third-order valence-corrected chi connectivity index (χ3v) is 5.39. The molecule has 0 aliphatic rings. The van der Waals surface area contributed by atoms with Crippen LogP contribution in [0.4, 0.5) is 0 Å². The third-order valence-electron chi connectivity index (χ3n) is 4.28. The Morgan fingerprint density at radius 3 is 2.75 bits per heavy atom. The number of rotatable bonds is 7. The van der Waals surface area contributed by atoms with Crippen LogP contribution in [0, 0.1) is 6.92 Å². The molecule has 0 radical (unpaired) electrons. The van der Waals surface area contributed by atoms with Gasteiger partial charge in [-0.2, -0.15) is 4.98 Å². The molecule has 0 fully saturated rings. The van der Waals surface area contributed by atoms with Crippen LogP contribution >= 0.6 is 11.8 Å². The van der Waals surface area contributed by atoms with Crippen molar-refractivity contribution < 1.29 is 4.52 Å². The average molecular weight is 392 g/mol. The first-order valence-corrected chi connectivity index (χ1v) is 10.0. The molecule has 4 aromatic rings. The highest BCUT2D eigenvalue weighted by molar-refractivity contribution is 7.99. The van der Waals surface area contributed by atoms with Gasteiger partial charge in [0.15, 0.2) is 11.0 Å². The van der Waals surface area contributed by atoms with E-state index in [0.29, 0.717) is 11.7 Å². The van der Waals surface area contributed by atoms with E-state index in [1.165, 1.54) is 5.56 Å². The summed E-state index contributed by atoms with van der Waals surface area (Å²) in [6.07, 6.45) is 5.07. The van der Waals surface area contributed by atoms with Crippen molar-refractivity contribution in [2.75, 3.05) is 5.75 Å². The number of hydrogen-bond acceptors (Lipinski definition) is 7. The molecule has 3 aromatic heterocycles. The molecule has 0 N–H and O–H groups in total. The predicted octanol–water partition coefficient (Wildman–Crippen LogP) is 3.96. The molecule has 3 heterocycles. The highest BCUT2D eigenvalue weighted by Crippen LogP contribution is 2.24. The first-order valence-electron chi connectivity index (χ1n) is 9.03. The Morgan fingerprint density at radius 2 is 1.93 bits per heavy atom. The Kier molecular flexibility index (Phi) is 5.48. The Balaban J connectivity index is 1.32. The molecule has 0 aliphatic carbocycles. The van der Waals surface area contributed by atoms with E-state index < -0.39 is 0 Å². The molecule has 0 aliphatic heterocycles. The van der Waals surface area contributed by atoms with Gasteiger partial charge < -0.3 is 9.09 Å². The first-order chi connectivity index (χ1) is 13.7. The van der Waals surface area contributed by atoms with Gasteiger partial charge in [-0.3, -0.25) is 4.98 Å².